The van der Waals surface area contributed by atoms with Crippen LogP contribution in [0.1, 0.15) is 22.5 Å². The molecule has 0 spiro atoms. The highest BCUT2D eigenvalue weighted by Gasteiger charge is 2.17. The van der Waals surface area contributed by atoms with Crippen molar-refractivity contribution in [1.29, 1.82) is 0 Å². The first-order valence-electron chi connectivity index (χ1n) is 3.68. The molecule has 0 aliphatic heterocycles. The Hall–Kier alpha value is -1.72. The number of halogens is 2. The molecule has 0 unspecified atom stereocenters. The van der Waals surface area contributed by atoms with Crippen molar-refractivity contribution in [2.24, 2.45) is 0 Å². The summed E-state index contributed by atoms with van der Waals surface area (Å²) >= 11 is 0. The summed E-state index contributed by atoms with van der Waals surface area (Å²) in [5.74, 6) is -0.0587. The number of ether oxygens (including phenoxy) is 1. The summed E-state index contributed by atoms with van der Waals surface area (Å²) in [6, 6.07) is 1.20. The number of methoxy groups -OCH3 is 1. The zero-order valence-corrected chi connectivity index (χ0v) is 7.33. The molecule has 1 heterocycles. The number of alkyl halides is 2. The number of aromatic nitrogens is 1. The molecule has 2 N–H and O–H groups in total. The number of nitrogen functional groups attached to an aromatic ring is 1. The second-order valence-corrected chi connectivity index (χ2v) is 2.47. The monoisotopic (exact) mass is 202 g/mol. The molecule has 6 heteroatoms. The third-order valence-corrected chi connectivity index (χ3v) is 1.64. The van der Waals surface area contributed by atoms with Crippen molar-refractivity contribution in [2.75, 3.05) is 12.8 Å². The normalized spacial score (nSPS) is 10.3. The van der Waals surface area contributed by atoms with Gasteiger partial charge in [0.1, 0.15) is 5.69 Å². The maximum atomic E-state index is 12.3. The van der Waals surface area contributed by atoms with E-state index in [0.29, 0.717) is 6.29 Å². The van der Waals surface area contributed by atoms with E-state index < -0.39 is 12.1 Å². The third-order valence-electron chi connectivity index (χ3n) is 1.64. The number of carbonyl (C=O) groups is 1. The summed E-state index contributed by atoms with van der Waals surface area (Å²) in [4.78, 5) is 13.9. The Bertz CT molecular complexity index is 355. The van der Waals surface area contributed by atoms with Gasteiger partial charge in [-0.25, -0.2) is 13.8 Å². The van der Waals surface area contributed by atoms with Crippen LogP contribution in [0, 0.1) is 0 Å². The van der Waals surface area contributed by atoms with Crippen LogP contribution in [0.4, 0.5) is 14.5 Å². The van der Waals surface area contributed by atoms with Gasteiger partial charge >= 0.3 is 0 Å². The molecule has 0 aliphatic carbocycles. The van der Waals surface area contributed by atoms with E-state index in [9.17, 15) is 13.6 Å². The summed E-state index contributed by atoms with van der Waals surface area (Å²) in [6.45, 7) is 0. The van der Waals surface area contributed by atoms with Gasteiger partial charge in [-0.15, -0.1) is 0 Å². The lowest BCUT2D eigenvalue weighted by atomic mass is 10.2. The molecule has 14 heavy (non-hydrogen) atoms. The summed E-state index contributed by atoms with van der Waals surface area (Å²) in [5.41, 5.74) is 4.30. The molecule has 1 aromatic rings. The first kappa shape index (κ1) is 10.4. The van der Waals surface area contributed by atoms with E-state index in [1.165, 1.54) is 13.2 Å². The van der Waals surface area contributed by atoms with E-state index in [0.717, 1.165) is 0 Å². The lowest BCUT2D eigenvalue weighted by molar-refractivity contribution is 0.112. The molecule has 0 amide bonds. The molecule has 0 atom stereocenters. The Morgan fingerprint density at radius 1 is 1.64 bits per heavy atom. The van der Waals surface area contributed by atoms with Crippen LogP contribution in [0.2, 0.25) is 0 Å². The minimum atomic E-state index is -2.83. The predicted molar refractivity (Wildman–Crippen MR) is 45.5 cm³/mol. The van der Waals surface area contributed by atoms with Crippen molar-refractivity contribution in [2.45, 2.75) is 6.43 Å². The van der Waals surface area contributed by atoms with Gasteiger partial charge in [-0.1, -0.05) is 0 Å². The molecule has 0 bridgehead atoms. The highest BCUT2D eigenvalue weighted by Crippen LogP contribution is 2.27. The minimum Gasteiger partial charge on any atom is -0.481 e. The number of aldehydes is 1. The van der Waals surface area contributed by atoms with Gasteiger partial charge in [0.05, 0.1) is 12.8 Å². The van der Waals surface area contributed by atoms with Crippen LogP contribution < -0.4 is 10.5 Å². The molecule has 76 valence electrons. The maximum absolute atomic E-state index is 12.3. The van der Waals surface area contributed by atoms with Gasteiger partial charge in [0.15, 0.2) is 6.29 Å². The van der Waals surface area contributed by atoms with Crippen molar-refractivity contribution in [1.82, 2.24) is 4.98 Å². The maximum Gasteiger partial charge on any atom is 0.282 e. The number of anilines is 1. The van der Waals surface area contributed by atoms with Gasteiger partial charge in [0, 0.05) is 11.6 Å². The smallest absolute Gasteiger partial charge is 0.282 e. The van der Waals surface area contributed by atoms with Gasteiger partial charge in [0.25, 0.3) is 6.43 Å². The zero-order valence-electron chi connectivity index (χ0n) is 7.33. The second kappa shape index (κ2) is 3.99. The van der Waals surface area contributed by atoms with Crippen LogP contribution >= 0.6 is 0 Å². The van der Waals surface area contributed by atoms with E-state index >= 15 is 0 Å². The molecular weight excluding hydrogens is 194 g/mol. The van der Waals surface area contributed by atoms with E-state index in [2.05, 4.69) is 9.72 Å². The SMILES string of the molecule is COc1cc(C=O)c(N)c(C(F)F)n1. The Balaban J connectivity index is 3.34. The fraction of sp³-hybridized carbons (Fsp3) is 0.250. The fourth-order valence-corrected chi connectivity index (χ4v) is 0.938. The Morgan fingerprint density at radius 3 is 2.71 bits per heavy atom. The van der Waals surface area contributed by atoms with Gasteiger partial charge in [-0.3, -0.25) is 4.79 Å². The molecule has 0 saturated heterocycles. The van der Waals surface area contributed by atoms with Gasteiger partial charge in [0.2, 0.25) is 5.88 Å². The largest absolute Gasteiger partial charge is 0.481 e. The number of carbonyl (C=O) groups excluding carboxylic acids is 1. The van der Waals surface area contributed by atoms with Crippen molar-refractivity contribution < 1.29 is 18.3 Å². The van der Waals surface area contributed by atoms with Gasteiger partial charge in [-0.05, 0) is 0 Å². The number of hydrogen-bond donors (Lipinski definition) is 1. The molecule has 0 fully saturated rings. The van der Waals surface area contributed by atoms with Crippen molar-refractivity contribution in [3.05, 3.63) is 17.3 Å². The highest BCUT2D eigenvalue weighted by atomic mass is 19.3. The first-order valence-corrected chi connectivity index (χ1v) is 3.68. The van der Waals surface area contributed by atoms with Crippen LogP contribution in [0.3, 0.4) is 0 Å². The summed E-state index contributed by atoms with van der Waals surface area (Å²) in [6.07, 6.45) is -2.45. The van der Waals surface area contributed by atoms with Crippen molar-refractivity contribution in [3.8, 4) is 5.88 Å². The number of nitrogens with zero attached hydrogens (tertiary/aromatic N) is 1. The first-order chi connectivity index (χ1) is 6.60. The van der Waals surface area contributed by atoms with E-state index in [1.54, 1.807) is 0 Å². The van der Waals surface area contributed by atoms with Gasteiger partial charge < -0.3 is 10.5 Å². The van der Waals surface area contributed by atoms with Crippen LogP contribution in [-0.2, 0) is 0 Å². The van der Waals surface area contributed by atoms with Crippen LogP contribution in [0.25, 0.3) is 0 Å². The highest BCUT2D eigenvalue weighted by molar-refractivity contribution is 5.84. The average Bonchev–Trinajstić information content (AvgIpc) is 2.17. The van der Waals surface area contributed by atoms with Crippen LogP contribution in [0.15, 0.2) is 6.07 Å². The standard InChI is InChI=1S/C8H8F2N2O2/c1-14-5-2-4(3-13)6(11)7(12-5)8(9)10/h2-3,8H,11H2,1H3. The lowest BCUT2D eigenvalue weighted by Gasteiger charge is -2.08. The molecule has 4 nitrogen and oxygen atoms in total. The molecule has 1 rings (SSSR count). The van der Waals surface area contributed by atoms with Crippen molar-refractivity contribution in [3.63, 3.8) is 0 Å². The quantitative estimate of drug-likeness (QED) is 0.753. The van der Waals surface area contributed by atoms with E-state index in [-0.39, 0.29) is 17.1 Å². The molecule has 1 aromatic heterocycles. The Kier molecular flexibility index (Phi) is 2.95. The minimum absolute atomic E-state index is 0.0489. The zero-order chi connectivity index (χ0) is 10.7. The summed E-state index contributed by atoms with van der Waals surface area (Å²) in [5, 5.41) is 0. The van der Waals surface area contributed by atoms with Crippen LogP contribution in [0.5, 0.6) is 5.88 Å². The number of hydrogen-bond acceptors (Lipinski definition) is 4. The summed E-state index contributed by atoms with van der Waals surface area (Å²) in [7, 11) is 1.27. The molecule has 0 aromatic carbocycles. The molecular formula is C8H8F2N2O2. The number of nitrogens with two attached hydrogens (primary N) is 1. The number of pyridine rings is 1. The average molecular weight is 202 g/mol. The van der Waals surface area contributed by atoms with E-state index in [4.69, 9.17) is 5.73 Å². The van der Waals surface area contributed by atoms with Crippen molar-refractivity contribution >= 4 is 12.0 Å². The Labute approximate surface area is 78.7 Å². The fourth-order valence-electron chi connectivity index (χ4n) is 0.938. The topological polar surface area (TPSA) is 65.2 Å². The lowest BCUT2D eigenvalue weighted by Crippen LogP contribution is -2.04. The molecule has 0 saturated carbocycles. The summed E-state index contributed by atoms with van der Waals surface area (Å²) < 4.78 is 29.3. The van der Waals surface area contributed by atoms with E-state index in [1.807, 2.05) is 0 Å². The van der Waals surface area contributed by atoms with Gasteiger partial charge in [-0.2, -0.15) is 0 Å². The predicted octanol–water partition coefficient (Wildman–Crippen LogP) is 1.42. The molecule has 0 radical (unpaired) electrons. The second-order valence-electron chi connectivity index (χ2n) is 2.47. The third kappa shape index (κ3) is 1.78. The number of rotatable bonds is 3. The molecule has 0 aliphatic rings. The van der Waals surface area contributed by atoms with Crippen LogP contribution in [-0.4, -0.2) is 18.4 Å². The Morgan fingerprint density at radius 2 is 2.29 bits per heavy atom.